The van der Waals surface area contributed by atoms with Crippen molar-refractivity contribution >= 4 is 11.6 Å². The number of halogens is 1. The van der Waals surface area contributed by atoms with Gasteiger partial charge in [-0.1, -0.05) is 6.92 Å². The van der Waals surface area contributed by atoms with Crippen LogP contribution in [-0.4, -0.2) is 32.4 Å². The van der Waals surface area contributed by atoms with Crippen molar-refractivity contribution in [3.8, 4) is 17.2 Å². The monoisotopic (exact) mass is 360 g/mol. The molecule has 26 heavy (non-hydrogen) atoms. The SMILES string of the molecule is CC/C(=N\NC(=O)COc1ccc(F)cc1)c1ccc(OC)c(OC)c1. The first-order valence-electron chi connectivity index (χ1n) is 8.03. The summed E-state index contributed by atoms with van der Waals surface area (Å²) in [6, 6.07) is 10.8. The van der Waals surface area contributed by atoms with E-state index in [0.29, 0.717) is 29.4 Å². The lowest BCUT2D eigenvalue weighted by Crippen LogP contribution is -2.26. The highest BCUT2D eigenvalue weighted by Crippen LogP contribution is 2.28. The van der Waals surface area contributed by atoms with E-state index in [2.05, 4.69) is 10.5 Å². The molecule has 0 radical (unpaired) electrons. The Hall–Kier alpha value is -3.09. The van der Waals surface area contributed by atoms with Gasteiger partial charge in [0.05, 0.1) is 19.9 Å². The summed E-state index contributed by atoms with van der Waals surface area (Å²) in [6.45, 7) is 1.70. The van der Waals surface area contributed by atoms with Crippen LogP contribution in [-0.2, 0) is 4.79 Å². The molecule has 0 fully saturated rings. The van der Waals surface area contributed by atoms with Crippen molar-refractivity contribution in [2.45, 2.75) is 13.3 Å². The van der Waals surface area contributed by atoms with Gasteiger partial charge in [-0.25, -0.2) is 9.82 Å². The molecule has 2 aromatic carbocycles. The lowest BCUT2D eigenvalue weighted by molar-refractivity contribution is -0.123. The number of hydrogen-bond acceptors (Lipinski definition) is 5. The maximum Gasteiger partial charge on any atom is 0.277 e. The topological polar surface area (TPSA) is 69.2 Å². The van der Waals surface area contributed by atoms with Crippen LogP contribution in [0.4, 0.5) is 4.39 Å². The third-order valence-corrected chi connectivity index (χ3v) is 3.55. The van der Waals surface area contributed by atoms with E-state index in [0.717, 1.165) is 5.56 Å². The van der Waals surface area contributed by atoms with Crippen LogP contribution in [0.3, 0.4) is 0 Å². The molecule has 6 nitrogen and oxygen atoms in total. The number of amides is 1. The summed E-state index contributed by atoms with van der Waals surface area (Å²) in [5.41, 5.74) is 3.95. The van der Waals surface area contributed by atoms with Crippen molar-refractivity contribution in [2.75, 3.05) is 20.8 Å². The minimum atomic E-state index is -0.416. The number of carbonyl (C=O) groups excluding carboxylic acids is 1. The lowest BCUT2D eigenvalue weighted by atomic mass is 10.1. The fraction of sp³-hybridized carbons (Fsp3) is 0.263. The van der Waals surface area contributed by atoms with Gasteiger partial charge in [-0.05, 0) is 48.9 Å². The fourth-order valence-electron chi connectivity index (χ4n) is 2.21. The average Bonchev–Trinajstić information content (AvgIpc) is 2.67. The molecule has 0 saturated carbocycles. The largest absolute Gasteiger partial charge is 0.493 e. The summed E-state index contributed by atoms with van der Waals surface area (Å²) in [4.78, 5) is 11.9. The number of hydrazone groups is 1. The van der Waals surface area contributed by atoms with Gasteiger partial charge in [-0.15, -0.1) is 0 Å². The van der Waals surface area contributed by atoms with Gasteiger partial charge in [0.25, 0.3) is 5.91 Å². The van der Waals surface area contributed by atoms with Crippen LogP contribution in [0, 0.1) is 5.82 Å². The normalized spacial score (nSPS) is 11.0. The molecule has 7 heteroatoms. The van der Waals surface area contributed by atoms with Crippen LogP contribution in [0.15, 0.2) is 47.6 Å². The van der Waals surface area contributed by atoms with Gasteiger partial charge >= 0.3 is 0 Å². The van der Waals surface area contributed by atoms with Gasteiger partial charge in [-0.3, -0.25) is 4.79 Å². The second kappa shape index (κ2) is 9.41. The molecule has 0 aliphatic heterocycles. The smallest absolute Gasteiger partial charge is 0.277 e. The Kier molecular flexibility index (Phi) is 6.96. The number of hydrogen-bond donors (Lipinski definition) is 1. The Bertz CT molecular complexity index is 776. The van der Waals surface area contributed by atoms with Gasteiger partial charge < -0.3 is 14.2 Å². The van der Waals surface area contributed by atoms with E-state index in [4.69, 9.17) is 14.2 Å². The Balaban J connectivity index is 1.99. The highest BCUT2D eigenvalue weighted by atomic mass is 19.1. The van der Waals surface area contributed by atoms with Crippen LogP contribution in [0.2, 0.25) is 0 Å². The number of nitrogens with zero attached hydrogens (tertiary/aromatic N) is 1. The predicted octanol–water partition coefficient (Wildman–Crippen LogP) is 3.15. The molecule has 0 aromatic heterocycles. The first kappa shape index (κ1) is 19.2. The van der Waals surface area contributed by atoms with Crippen LogP contribution in [0.1, 0.15) is 18.9 Å². The minimum absolute atomic E-state index is 0.224. The first-order chi connectivity index (χ1) is 12.6. The van der Waals surface area contributed by atoms with E-state index in [1.54, 1.807) is 26.4 Å². The number of nitrogens with one attached hydrogen (secondary N) is 1. The van der Waals surface area contributed by atoms with Gasteiger partial charge in [0, 0.05) is 5.56 Å². The molecule has 0 saturated heterocycles. The van der Waals surface area contributed by atoms with Crippen LogP contribution in [0.25, 0.3) is 0 Å². The molecule has 0 spiro atoms. The molecule has 1 N–H and O–H groups in total. The molecule has 1 amide bonds. The molecular weight excluding hydrogens is 339 g/mol. The fourth-order valence-corrected chi connectivity index (χ4v) is 2.21. The number of benzene rings is 2. The highest BCUT2D eigenvalue weighted by molar-refractivity contribution is 6.01. The second-order valence-corrected chi connectivity index (χ2v) is 5.26. The molecule has 0 unspecified atom stereocenters. The summed E-state index contributed by atoms with van der Waals surface area (Å²) in [6.07, 6.45) is 0.606. The van der Waals surface area contributed by atoms with Crippen molar-refractivity contribution in [1.82, 2.24) is 5.43 Å². The van der Waals surface area contributed by atoms with E-state index in [1.807, 2.05) is 13.0 Å². The molecule has 0 heterocycles. The van der Waals surface area contributed by atoms with Gasteiger partial charge in [-0.2, -0.15) is 5.10 Å². The maximum atomic E-state index is 12.8. The summed E-state index contributed by atoms with van der Waals surface area (Å²) in [7, 11) is 3.12. The Morgan fingerprint density at radius 2 is 1.77 bits per heavy atom. The number of methoxy groups -OCH3 is 2. The maximum absolute atomic E-state index is 12.8. The van der Waals surface area contributed by atoms with E-state index in [9.17, 15) is 9.18 Å². The van der Waals surface area contributed by atoms with Crippen LogP contribution in [0.5, 0.6) is 17.2 Å². The molecule has 138 valence electrons. The molecule has 0 aliphatic rings. The zero-order valence-corrected chi connectivity index (χ0v) is 14.9. The van der Waals surface area contributed by atoms with Crippen molar-refractivity contribution in [3.05, 3.63) is 53.8 Å². The number of carbonyl (C=O) groups is 1. The van der Waals surface area contributed by atoms with Crippen LogP contribution >= 0.6 is 0 Å². The van der Waals surface area contributed by atoms with Gasteiger partial charge in [0.15, 0.2) is 18.1 Å². The number of ether oxygens (including phenoxy) is 3. The molecule has 0 aliphatic carbocycles. The van der Waals surface area contributed by atoms with Crippen molar-refractivity contribution < 1.29 is 23.4 Å². The average molecular weight is 360 g/mol. The first-order valence-corrected chi connectivity index (χ1v) is 8.03. The molecule has 0 bridgehead atoms. The Labute approximate surface area is 151 Å². The van der Waals surface area contributed by atoms with Crippen molar-refractivity contribution in [2.24, 2.45) is 5.10 Å². The lowest BCUT2D eigenvalue weighted by Gasteiger charge is -2.11. The summed E-state index contributed by atoms with van der Waals surface area (Å²) < 4.78 is 28.6. The summed E-state index contributed by atoms with van der Waals surface area (Å²) >= 11 is 0. The standard InChI is InChI=1S/C19H21FN2O4/c1-4-16(13-5-10-17(24-2)18(11-13)25-3)21-22-19(23)12-26-15-8-6-14(20)7-9-15/h5-11H,4,12H2,1-3H3,(H,22,23)/b21-16+. The highest BCUT2D eigenvalue weighted by Gasteiger charge is 2.09. The quantitative estimate of drug-likeness (QED) is 0.580. The minimum Gasteiger partial charge on any atom is -0.493 e. The van der Waals surface area contributed by atoms with Crippen molar-refractivity contribution in [1.29, 1.82) is 0 Å². The second-order valence-electron chi connectivity index (χ2n) is 5.26. The third-order valence-electron chi connectivity index (χ3n) is 3.55. The molecule has 2 aromatic rings. The third kappa shape index (κ3) is 5.20. The van der Waals surface area contributed by atoms with Crippen molar-refractivity contribution in [3.63, 3.8) is 0 Å². The zero-order chi connectivity index (χ0) is 18.9. The van der Waals surface area contributed by atoms with Gasteiger partial charge in [0.1, 0.15) is 11.6 Å². The molecule has 0 atom stereocenters. The Morgan fingerprint density at radius 3 is 2.38 bits per heavy atom. The van der Waals surface area contributed by atoms with Crippen LogP contribution < -0.4 is 19.6 Å². The summed E-state index contributed by atoms with van der Waals surface area (Å²) in [5.74, 6) is 0.816. The Morgan fingerprint density at radius 1 is 1.08 bits per heavy atom. The molecule has 2 rings (SSSR count). The number of rotatable bonds is 8. The van der Waals surface area contributed by atoms with Gasteiger partial charge in [0.2, 0.25) is 0 Å². The zero-order valence-electron chi connectivity index (χ0n) is 14.9. The van der Waals surface area contributed by atoms with E-state index < -0.39 is 5.91 Å². The summed E-state index contributed by atoms with van der Waals surface area (Å²) in [5, 5.41) is 4.15. The predicted molar refractivity (Wildman–Crippen MR) is 96.4 cm³/mol. The van der Waals surface area contributed by atoms with E-state index >= 15 is 0 Å². The van der Waals surface area contributed by atoms with E-state index in [-0.39, 0.29) is 12.4 Å². The molecular formula is C19H21FN2O4. The van der Waals surface area contributed by atoms with E-state index in [1.165, 1.54) is 24.3 Å².